The number of rotatable bonds is 0. The summed E-state index contributed by atoms with van der Waals surface area (Å²) in [7, 11) is 0. The fourth-order valence-corrected chi connectivity index (χ4v) is 24.1. The number of hydrogen-bond acceptors (Lipinski definition) is 0. The molecule has 526 valence electrons. The first-order valence-electron chi connectivity index (χ1n) is 44.8. The van der Waals surface area contributed by atoms with E-state index in [-0.39, 0.29) is 0 Å². The molecule has 8 saturated carbocycles. The molecule has 90 heavy (non-hydrogen) atoms. The van der Waals surface area contributed by atoms with Gasteiger partial charge in [-0.05, 0) is 147 Å². The van der Waals surface area contributed by atoms with E-state index in [0.29, 0.717) is 0 Å². The Kier molecular flexibility index (Phi) is 41.7. The van der Waals surface area contributed by atoms with Crippen molar-refractivity contribution in [2.45, 2.75) is 488 Å². The van der Waals surface area contributed by atoms with Gasteiger partial charge in [-0.15, -0.1) is 0 Å². The summed E-state index contributed by atoms with van der Waals surface area (Å²) in [5.74, 6) is 13.8. The molecule has 12 unspecified atom stereocenters. The Labute approximate surface area is 567 Å². The van der Waals surface area contributed by atoms with Crippen LogP contribution in [-0.2, 0) is 0 Å². The van der Waals surface area contributed by atoms with Crippen LogP contribution in [0.4, 0.5) is 0 Å². The van der Waals surface area contributed by atoms with Gasteiger partial charge in [0, 0.05) is 0 Å². The van der Waals surface area contributed by atoms with Crippen molar-refractivity contribution in [3.8, 4) is 0 Å². The van der Waals surface area contributed by atoms with E-state index in [1.807, 2.05) is 0 Å². The summed E-state index contributed by atoms with van der Waals surface area (Å²) in [5.41, 5.74) is 0. The predicted molar refractivity (Wildman–Crippen MR) is 400 cm³/mol. The van der Waals surface area contributed by atoms with E-state index in [9.17, 15) is 0 Å². The van der Waals surface area contributed by atoms with Gasteiger partial charge in [0.05, 0.1) is 0 Å². The highest BCUT2D eigenvalue weighted by Gasteiger charge is 2.44. The molecule has 8 aliphatic carbocycles. The average Bonchev–Trinajstić information content (AvgIpc) is 1.77. The van der Waals surface area contributed by atoms with E-state index in [4.69, 9.17) is 0 Å². The highest BCUT2D eigenvalue weighted by molar-refractivity contribution is 4.94. The molecule has 14 bridgehead atoms. The second kappa shape index (κ2) is 49.5. The third-order valence-electron chi connectivity index (χ3n) is 29.0. The van der Waals surface area contributed by atoms with Crippen molar-refractivity contribution in [3.05, 3.63) is 0 Å². The molecule has 0 heteroatoms. The van der Waals surface area contributed by atoms with Crippen molar-refractivity contribution in [1.29, 1.82) is 0 Å². The zero-order valence-electron chi connectivity index (χ0n) is 61.8. The van der Waals surface area contributed by atoms with Gasteiger partial charge in [0.15, 0.2) is 0 Å². The Morgan fingerprint density at radius 2 is 0.144 bits per heavy atom. The van der Waals surface area contributed by atoms with Crippen LogP contribution in [0.1, 0.15) is 488 Å². The van der Waals surface area contributed by atoms with Crippen molar-refractivity contribution in [2.24, 2.45) is 82.9 Å². The second-order valence-corrected chi connectivity index (χ2v) is 35.4. The van der Waals surface area contributed by atoms with Gasteiger partial charge < -0.3 is 0 Å². The molecular formula is C90H166. The van der Waals surface area contributed by atoms with Crippen LogP contribution in [0.3, 0.4) is 0 Å². The highest BCUT2D eigenvalue weighted by Crippen LogP contribution is 2.54. The standard InChI is InChI=1S/C90H166/c1-2-6-24-42-60-78-64-46-28-10-9-27-45-63-77(59-41-23-5-1)81-67-49-31-13-14-32-50-68-82(78)86-72-54-36-18-17-35-53-71-85(81)89-75-57-39-21-22-40-58-76-90(86)88-74-56-38-20-19-37-55-73-87(89)83-69-51-33-15-16-34-52-70-84(88)80-62-44-26-8-4-3-7-25-43-61-79(83)65-47-29-11-12-30-48-66-80/h77-90H,1-76H2. The van der Waals surface area contributed by atoms with Gasteiger partial charge in [-0.3, -0.25) is 0 Å². The second-order valence-electron chi connectivity index (χ2n) is 35.4. The van der Waals surface area contributed by atoms with Gasteiger partial charge in [-0.25, -0.2) is 0 Å². The Morgan fingerprint density at radius 3 is 0.267 bits per heavy atom. The van der Waals surface area contributed by atoms with E-state index >= 15 is 0 Å². The van der Waals surface area contributed by atoms with Crippen molar-refractivity contribution < 1.29 is 0 Å². The fourth-order valence-electron chi connectivity index (χ4n) is 24.1. The molecule has 0 aliphatic heterocycles. The lowest BCUT2D eigenvalue weighted by atomic mass is 9.58. The first-order chi connectivity index (χ1) is 44.8. The summed E-state index contributed by atoms with van der Waals surface area (Å²) in [6, 6.07) is 0. The van der Waals surface area contributed by atoms with Gasteiger partial charge >= 0.3 is 0 Å². The number of fused-ring (bicyclic) bond motifs is 75. The summed E-state index contributed by atoms with van der Waals surface area (Å²) in [6.07, 6.45) is 119. The lowest BCUT2D eigenvalue weighted by Crippen LogP contribution is -2.39. The van der Waals surface area contributed by atoms with Gasteiger partial charge in [0.25, 0.3) is 0 Å². The summed E-state index contributed by atoms with van der Waals surface area (Å²) < 4.78 is 0. The molecule has 0 radical (unpaired) electrons. The van der Waals surface area contributed by atoms with Gasteiger partial charge in [0.1, 0.15) is 0 Å². The number of hydrogen-bond donors (Lipinski definition) is 0. The third kappa shape index (κ3) is 29.2. The monoisotopic (exact) mass is 1250 g/mol. The van der Waals surface area contributed by atoms with Crippen molar-refractivity contribution in [3.63, 3.8) is 0 Å². The minimum absolute atomic E-state index is 0.980. The molecule has 8 fully saturated rings. The molecule has 8 rings (SSSR count). The van der Waals surface area contributed by atoms with E-state index < -0.39 is 0 Å². The van der Waals surface area contributed by atoms with E-state index in [2.05, 4.69) is 0 Å². The van der Waals surface area contributed by atoms with Gasteiger partial charge in [-0.2, -0.15) is 0 Å². The lowest BCUT2D eigenvalue weighted by molar-refractivity contribution is 0.0247. The normalized spacial score (nSPS) is 37.1. The topological polar surface area (TPSA) is 0 Å². The molecule has 0 spiro atoms. The van der Waals surface area contributed by atoms with Crippen LogP contribution in [0.15, 0.2) is 0 Å². The lowest BCUT2D eigenvalue weighted by Gasteiger charge is -2.47. The largest absolute Gasteiger partial charge is 0.0533 e. The Hall–Kier alpha value is 0. The minimum atomic E-state index is 0.980. The maximum absolute atomic E-state index is 1.62. The maximum atomic E-state index is 1.62. The molecule has 0 aromatic carbocycles. The zero-order chi connectivity index (χ0) is 61.8. The molecule has 12 atom stereocenters. The van der Waals surface area contributed by atoms with Crippen LogP contribution in [0, 0.1) is 82.9 Å². The zero-order valence-corrected chi connectivity index (χ0v) is 61.8. The van der Waals surface area contributed by atoms with Crippen LogP contribution < -0.4 is 0 Å². The van der Waals surface area contributed by atoms with Crippen LogP contribution in [-0.4, -0.2) is 0 Å². The molecule has 0 N–H and O–H groups in total. The first-order valence-corrected chi connectivity index (χ1v) is 44.8. The summed E-state index contributed by atoms with van der Waals surface area (Å²) in [4.78, 5) is 0. The summed E-state index contributed by atoms with van der Waals surface area (Å²) in [6.45, 7) is 0. The Balaban J connectivity index is 1.41. The van der Waals surface area contributed by atoms with E-state index in [1.165, 1.54) is 77.0 Å². The molecule has 0 amide bonds. The van der Waals surface area contributed by atoms with Crippen molar-refractivity contribution in [1.82, 2.24) is 0 Å². The molecule has 0 aromatic rings. The summed E-state index contributed by atoms with van der Waals surface area (Å²) >= 11 is 0. The van der Waals surface area contributed by atoms with E-state index in [1.54, 1.807) is 411 Å². The molecule has 0 aromatic heterocycles. The van der Waals surface area contributed by atoms with Gasteiger partial charge in [-0.1, -0.05) is 424 Å². The first kappa shape index (κ1) is 75.8. The molecule has 0 nitrogen and oxygen atoms in total. The molecule has 8 aliphatic rings. The van der Waals surface area contributed by atoms with E-state index in [0.717, 1.165) is 82.9 Å². The van der Waals surface area contributed by atoms with Crippen molar-refractivity contribution in [2.75, 3.05) is 0 Å². The highest BCUT2D eigenvalue weighted by atomic mass is 14.5. The van der Waals surface area contributed by atoms with Crippen LogP contribution >= 0.6 is 0 Å². The third-order valence-corrected chi connectivity index (χ3v) is 29.0. The van der Waals surface area contributed by atoms with Crippen LogP contribution in [0.25, 0.3) is 0 Å². The molecule has 0 heterocycles. The smallest absolute Gasteiger partial charge is 0.0352 e. The van der Waals surface area contributed by atoms with Crippen molar-refractivity contribution >= 4 is 0 Å². The Bertz CT molecular complexity index is 1400. The summed E-state index contributed by atoms with van der Waals surface area (Å²) in [5, 5.41) is 0. The molecule has 0 saturated heterocycles. The van der Waals surface area contributed by atoms with Crippen LogP contribution in [0.5, 0.6) is 0 Å². The SMILES string of the molecule is C1CCCCCC2CCCCCCCCC(CCCC1)C1CCCCCCCCC2C2CCCCCCCCC1C1CCCCCCCCC2C2CCCCCCCCC1C1CCCCCCCCC2C2CCCCCCCCCCC1CCCCCCCC2. The maximum Gasteiger partial charge on any atom is -0.0352 e. The quantitative estimate of drug-likeness (QED) is 0.227. The predicted octanol–water partition coefficient (Wildman–Crippen LogP) is 31.4. The Morgan fingerprint density at radius 1 is 0.0667 bits per heavy atom. The fraction of sp³-hybridized carbons (Fsp3) is 1.00. The minimum Gasteiger partial charge on any atom is -0.0533 e. The average molecular weight is 1250 g/mol. The van der Waals surface area contributed by atoms with Gasteiger partial charge in [0.2, 0.25) is 0 Å². The molecular weight excluding hydrogens is 1080 g/mol. The van der Waals surface area contributed by atoms with Crippen LogP contribution in [0.2, 0.25) is 0 Å².